The third-order valence-electron chi connectivity index (χ3n) is 4.03. The van der Waals surface area contributed by atoms with E-state index in [1.807, 2.05) is 13.8 Å². The second-order valence-corrected chi connectivity index (χ2v) is 5.96. The van der Waals surface area contributed by atoms with Crippen molar-refractivity contribution in [3.8, 4) is 17.1 Å². The van der Waals surface area contributed by atoms with E-state index in [1.54, 1.807) is 0 Å². The zero-order valence-electron chi connectivity index (χ0n) is 14.2. The van der Waals surface area contributed by atoms with Crippen LogP contribution in [0.1, 0.15) is 24.2 Å². The molecule has 0 saturated heterocycles. The van der Waals surface area contributed by atoms with Crippen LogP contribution in [-0.2, 0) is 0 Å². The fourth-order valence-electron chi connectivity index (χ4n) is 2.35. The zero-order chi connectivity index (χ0) is 18.6. The Hall–Kier alpha value is -2.61. The molecule has 0 fully saturated rings. The molecule has 7 nitrogen and oxygen atoms in total. The van der Waals surface area contributed by atoms with Gasteiger partial charge in [-0.25, -0.2) is 9.18 Å². The summed E-state index contributed by atoms with van der Waals surface area (Å²) < 4.78 is 23.6. The van der Waals surface area contributed by atoms with Crippen LogP contribution in [0.2, 0.25) is 0 Å². The summed E-state index contributed by atoms with van der Waals surface area (Å²) in [4.78, 5) is 11.7. The van der Waals surface area contributed by atoms with E-state index in [9.17, 15) is 19.4 Å². The van der Waals surface area contributed by atoms with Crippen LogP contribution >= 0.6 is 0 Å². The van der Waals surface area contributed by atoms with Gasteiger partial charge in [0.25, 0.3) is 0 Å². The minimum absolute atomic E-state index is 0.00149. The number of ether oxygens (including phenoxy) is 1. The molecule has 25 heavy (non-hydrogen) atoms. The van der Waals surface area contributed by atoms with Crippen molar-refractivity contribution >= 4 is 11.8 Å². The summed E-state index contributed by atoms with van der Waals surface area (Å²) in [5, 5.41) is 25.6. The number of methoxy groups -OCH3 is 1. The van der Waals surface area contributed by atoms with Gasteiger partial charge in [-0.3, -0.25) is 0 Å². The molecule has 0 aliphatic heterocycles. The minimum Gasteiger partial charge on any atom is -0.494 e. The number of hydrogen-bond acceptors (Lipinski definition) is 6. The Balaban J connectivity index is 2.35. The molecule has 0 amide bonds. The number of halogens is 1. The molecule has 0 bridgehead atoms. The van der Waals surface area contributed by atoms with Gasteiger partial charge in [0.05, 0.1) is 7.11 Å². The van der Waals surface area contributed by atoms with Crippen molar-refractivity contribution in [2.24, 2.45) is 11.8 Å². The predicted molar refractivity (Wildman–Crippen MR) is 89.3 cm³/mol. The third kappa shape index (κ3) is 4.08. The number of carboxylic acid groups (broad SMARTS) is 1. The summed E-state index contributed by atoms with van der Waals surface area (Å²) in [6, 6.07) is 3.89. The molecule has 0 radical (unpaired) electrons. The Bertz CT molecular complexity index is 745. The molecule has 0 aliphatic rings. The number of aromatic nitrogens is 1. The first kappa shape index (κ1) is 18.7. The highest BCUT2D eigenvalue weighted by atomic mass is 19.1. The fraction of sp³-hybridized carbons (Fsp3) is 0.412. The van der Waals surface area contributed by atoms with Crippen molar-refractivity contribution in [3.63, 3.8) is 0 Å². The van der Waals surface area contributed by atoms with Gasteiger partial charge in [-0.05, 0) is 24.1 Å². The second kappa shape index (κ2) is 7.98. The lowest BCUT2D eigenvalue weighted by Gasteiger charge is -2.18. The van der Waals surface area contributed by atoms with E-state index < -0.39 is 11.8 Å². The highest BCUT2D eigenvalue weighted by Crippen LogP contribution is 2.32. The number of carbonyl (C=O) groups is 1. The maximum Gasteiger partial charge on any atom is 0.343 e. The molecular weight excluding hydrogens is 331 g/mol. The van der Waals surface area contributed by atoms with E-state index in [-0.39, 0.29) is 41.3 Å². The van der Waals surface area contributed by atoms with Gasteiger partial charge in [-0.1, -0.05) is 19.0 Å². The van der Waals surface area contributed by atoms with Crippen molar-refractivity contribution in [2.75, 3.05) is 25.6 Å². The van der Waals surface area contributed by atoms with Gasteiger partial charge in [-0.2, -0.15) is 0 Å². The molecule has 3 N–H and O–H groups in total. The Morgan fingerprint density at radius 3 is 2.72 bits per heavy atom. The quantitative estimate of drug-likeness (QED) is 0.671. The van der Waals surface area contributed by atoms with E-state index in [2.05, 4.69) is 10.5 Å². The summed E-state index contributed by atoms with van der Waals surface area (Å²) in [5.74, 6) is -1.62. The van der Waals surface area contributed by atoms with Crippen molar-refractivity contribution in [3.05, 3.63) is 29.6 Å². The predicted octanol–water partition coefficient (Wildman–Crippen LogP) is 2.86. The van der Waals surface area contributed by atoms with Crippen LogP contribution in [-0.4, -0.2) is 41.6 Å². The van der Waals surface area contributed by atoms with Crippen molar-refractivity contribution in [1.82, 2.24) is 5.16 Å². The Labute approximate surface area is 144 Å². The normalized spacial score (nSPS) is 12.2. The maximum atomic E-state index is 13.6. The van der Waals surface area contributed by atoms with Gasteiger partial charge in [0.2, 0.25) is 0 Å². The molecule has 0 saturated carbocycles. The number of carboxylic acids is 1. The first-order valence-corrected chi connectivity index (χ1v) is 7.80. The van der Waals surface area contributed by atoms with Gasteiger partial charge in [-0.15, -0.1) is 0 Å². The van der Waals surface area contributed by atoms with Crippen molar-refractivity contribution < 1.29 is 28.7 Å². The lowest BCUT2D eigenvalue weighted by Crippen LogP contribution is -2.23. The van der Waals surface area contributed by atoms with Crippen LogP contribution in [0.4, 0.5) is 10.2 Å². The molecule has 2 aromatic rings. The molecule has 1 aromatic carbocycles. The van der Waals surface area contributed by atoms with Gasteiger partial charge in [0, 0.05) is 24.6 Å². The summed E-state index contributed by atoms with van der Waals surface area (Å²) in [7, 11) is 1.31. The van der Waals surface area contributed by atoms with Crippen LogP contribution < -0.4 is 10.1 Å². The highest BCUT2D eigenvalue weighted by Gasteiger charge is 2.25. The Morgan fingerprint density at radius 2 is 2.16 bits per heavy atom. The first-order valence-electron chi connectivity index (χ1n) is 7.80. The van der Waals surface area contributed by atoms with Gasteiger partial charge in [0.15, 0.2) is 28.7 Å². The number of hydrogen-bond donors (Lipinski definition) is 3. The second-order valence-electron chi connectivity index (χ2n) is 5.96. The molecule has 136 valence electrons. The molecule has 1 atom stereocenters. The van der Waals surface area contributed by atoms with E-state index in [4.69, 9.17) is 9.26 Å². The molecular formula is C17H21FN2O5. The summed E-state index contributed by atoms with van der Waals surface area (Å²) >= 11 is 0. The number of rotatable bonds is 8. The monoisotopic (exact) mass is 352 g/mol. The SMILES string of the molecule is COc1cc(-c2onc(NCC(CO)C(C)C)c2C(=O)O)ccc1F. The van der Waals surface area contributed by atoms with Crippen molar-refractivity contribution in [1.29, 1.82) is 0 Å². The van der Waals surface area contributed by atoms with E-state index >= 15 is 0 Å². The number of anilines is 1. The van der Waals surface area contributed by atoms with Crippen molar-refractivity contribution in [2.45, 2.75) is 13.8 Å². The van der Waals surface area contributed by atoms with E-state index in [0.717, 1.165) is 6.07 Å². The highest BCUT2D eigenvalue weighted by molar-refractivity contribution is 5.99. The number of aromatic carboxylic acids is 1. The number of aliphatic hydroxyl groups is 1. The van der Waals surface area contributed by atoms with Crippen LogP contribution in [0, 0.1) is 17.7 Å². The summed E-state index contributed by atoms with van der Waals surface area (Å²) in [6.07, 6.45) is 0. The lowest BCUT2D eigenvalue weighted by molar-refractivity contribution is 0.0698. The summed E-state index contributed by atoms with van der Waals surface area (Å²) in [5.41, 5.74) is 0.174. The lowest BCUT2D eigenvalue weighted by atomic mass is 9.97. The van der Waals surface area contributed by atoms with E-state index in [0.29, 0.717) is 12.1 Å². The minimum atomic E-state index is -1.23. The van der Waals surface area contributed by atoms with Gasteiger partial charge < -0.3 is 24.8 Å². The van der Waals surface area contributed by atoms with Crippen LogP contribution in [0.25, 0.3) is 11.3 Å². The maximum absolute atomic E-state index is 13.6. The Kier molecular flexibility index (Phi) is 5.97. The molecule has 1 unspecified atom stereocenters. The molecule has 8 heteroatoms. The third-order valence-corrected chi connectivity index (χ3v) is 4.03. The molecule has 2 rings (SSSR count). The standard InChI is InChI=1S/C17H21FN2O5/c1-9(2)11(8-21)7-19-16-14(17(22)23)15(25-20-16)10-4-5-12(18)13(6-10)24-3/h4-6,9,11,21H,7-8H2,1-3H3,(H,19,20)(H,22,23). The fourth-order valence-corrected chi connectivity index (χ4v) is 2.35. The van der Waals surface area contributed by atoms with Crippen LogP contribution in [0.3, 0.4) is 0 Å². The number of nitrogens with one attached hydrogen (secondary N) is 1. The molecule has 1 aromatic heterocycles. The van der Waals surface area contributed by atoms with E-state index in [1.165, 1.54) is 19.2 Å². The largest absolute Gasteiger partial charge is 0.494 e. The van der Waals surface area contributed by atoms with Gasteiger partial charge in [0.1, 0.15) is 0 Å². The Morgan fingerprint density at radius 1 is 1.44 bits per heavy atom. The first-order chi connectivity index (χ1) is 11.9. The number of aliphatic hydroxyl groups excluding tert-OH is 1. The number of nitrogens with zero attached hydrogens (tertiary/aromatic N) is 1. The molecule has 0 spiro atoms. The average Bonchev–Trinajstić information content (AvgIpc) is 2.99. The van der Waals surface area contributed by atoms with Crippen LogP contribution in [0.15, 0.2) is 22.7 Å². The number of benzene rings is 1. The smallest absolute Gasteiger partial charge is 0.343 e. The van der Waals surface area contributed by atoms with Gasteiger partial charge >= 0.3 is 5.97 Å². The molecule has 1 heterocycles. The molecule has 0 aliphatic carbocycles. The average molecular weight is 352 g/mol. The zero-order valence-corrected chi connectivity index (χ0v) is 14.2. The topological polar surface area (TPSA) is 105 Å². The van der Waals surface area contributed by atoms with Crippen LogP contribution in [0.5, 0.6) is 5.75 Å². The summed E-state index contributed by atoms with van der Waals surface area (Å²) in [6.45, 7) is 4.22.